The molecule has 2 rings (SSSR count). The first-order chi connectivity index (χ1) is 7.16. The SMILES string of the molecule is Cn1ncnc1Sc1ncc(N)cc1Br. The van der Waals surface area contributed by atoms with E-state index in [4.69, 9.17) is 5.73 Å². The van der Waals surface area contributed by atoms with Gasteiger partial charge in [0.15, 0.2) is 5.16 Å². The molecule has 0 aliphatic rings. The Hall–Kier alpha value is -1.08. The topological polar surface area (TPSA) is 69.6 Å². The van der Waals surface area contributed by atoms with Gasteiger partial charge in [-0.05, 0) is 33.8 Å². The number of nitrogens with zero attached hydrogens (tertiary/aromatic N) is 4. The minimum atomic E-state index is 0.629. The van der Waals surface area contributed by atoms with Gasteiger partial charge in [-0.2, -0.15) is 5.10 Å². The summed E-state index contributed by atoms with van der Waals surface area (Å²) in [5, 5.41) is 5.58. The zero-order valence-electron chi connectivity index (χ0n) is 7.88. The molecule has 0 radical (unpaired) electrons. The van der Waals surface area contributed by atoms with E-state index < -0.39 is 0 Å². The number of hydrogen-bond acceptors (Lipinski definition) is 5. The van der Waals surface area contributed by atoms with E-state index in [0.29, 0.717) is 5.69 Å². The highest BCUT2D eigenvalue weighted by atomic mass is 79.9. The third kappa shape index (κ3) is 2.29. The van der Waals surface area contributed by atoms with Gasteiger partial charge in [0.25, 0.3) is 0 Å². The second-order valence-electron chi connectivity index (χ2n) is 2.82. The van der Waals surface area contributed by atoms with Gasteiger partial charge >= 0.3 is 0 Å². The van der Waals surface area contributed by atoms with Crippen LogP contribution in [0.2, 0.25) is 0 Å². The standard InChI is InChI=1S/C8H8BrN5S/c1-14-8(12-4-13-14)15-7-6(9)2-5(10)3-11-7/h2-4H,10H2,1H3. The van der Waals surface area contributed by atoms with E-state index in [1.165, 1.54) is 18.1 Å². The minimum absolute atomic E-state index is 0.629. The quantitative estimate of drug-likeness (QED) is 0.910. The van der Waals surface area contributed by atoms with Gasteiger partial charge in [-0.3, -0.25) is 0 Å². The van der Waals surface area contributed by atoms with Gasteiger partial charge in [0.2, 0.25) is 0 Å². The van der Waals surface area contributed by atoms with Crippen molar-refractivity contribution in [3.8, 4) is 0 Å². The Morgan fingerprint density at radius 3 is 2.87 bits per heavy atom. The molecule has 2 heterocycles. The van der Waals surface area contributed by atoms with Crippen LogP contribution in [0.15, 0.2) is 33.2 Å². The molecule has 0 unspecified atom stereocenters. The number of nitrogens with two attached hydrogens (primary N) is 1. The molecular formula is C8H8BrN5S. The van der Waals surface area contributed by atoms with Crippen molar-refractivity contribution in [2.45, 2.75) is 10.2 Å². The van der Waals surface area contributed by atoms with Crippen molar-refractivity contribution in [2.75, 3.05) is 5.73 Å². The summed E-state index contributed by atoms with van der Waals surface area (Å²) in [6.45, 7) is 0. The van der Waals surface area contributed by atoms with Crippen molar-refractivity contribution in [3.63, 3.8) is 0 Å². The van der Waals surface area contributed by atoms with Gasteiger partial charge in [-0.1, -0.05) is 0 Å². The highest BCUT2D eigenvalue weighted by Crippen LogP contribution is 2.30. The number of anilines is 1. The maximum atomic E-state index is 5.60. The summed E-state index contributed by atoms with van der Waals surface area (Å²) in [6, 6.07) is 1.81. The fourth-order valence-corrected chi connectivity index (χ4v) is 2.30. The summed E-state index contributed by atoms with van der Waals surface area (Å²) in [6.07, 6.45) is 3.12. The molecule has 7 heteroatoms. The Bertz CT molecular complexity index is 484. The molecule has 2 N–H and O–H groups in total. The number of aryl methyl sites for hydroxylation is 1. The summed E-state index contributed by atoms with van der Waals surface area (Å²) in [4.78, 5) is 8.30. The lowest BCUT2D eigenvalue weighted by Crippen LogP contribution is -1.94. The molecule has 0 bridgehead atoms. The molecule has 15 heavy (non-hydrogen) atoms. The number of halogens is 1. The summed E-state index contributed by atoms with van der Waals surface area (Å²) < 4.78 is 2.55. The smallest absolute Gasteiger partial charge is 0.192 e. The van der Waals surface area contributed by atoms with Gasteiger partial charge in [0, 0.05) is 7.05 Å². The molecule has 0 aromatic carbocycles. The minimum Gasteiger partial charge on any atom is -0.397 e. The highest BCUT2D eigenvalue weighted by molar-refractivity contribution is 9.10. The molecular weight excluding hydrogens is 278 g/mol. The van der Waals surface area contributed by atoms with Crippen LogP contribution in [0.5, 0.6) is 0 Å². The van der Waals surface area contributed by atoms with Gasteiger partial charge in [-0.15, -0.1) is 0 Å². The van der Waals surface area contributed by atoms with E-state index in [-0.39, 0.29) is 0 Å². The van der Waals surface area contributed by atoms with Crippen LogP contribution in [-0.4, -0.2) is 19.7 Å². The average molecular weight is 286 g/mol. The van der Waals surface area contributed by atoms with Crippen molar-refractivity contribution in [3.05, 3.63) is 23.1 Å². The number of nitrogen functional groups attached to an aromatic ring is 1. The predicted molar refractivity (Wildman–Crippen MR) is 61.5 cm³/mol. The Labute approximate surface area is 99.2 Å². The second-order valence-corrected chi connectivity index (χ2v) is 4.63. The van der Waals surface area contributed by atoms with Gasteiger partial charge in [0.05, 0.1) is 16.4 Å². The van der Waals surface area contributed by atoms with E-state index in [1.807, 2.05) is 13.1 Å². The average Bonchev–Trinajstić information content (AvgIpc) is 2.57. The Morgan fingerprint density at radius 1 is 1.47 bits per heavy atom. The highest BCUT2D eigenvalue weighted by Gasteiger charge is 2.08. The molecule has 0 aliphatic heterocycles. The molecule has 0 spiro atoms. The van der Waals surface area contributed by atoms with E-state index in [0.717, 1.165) is 14.7 Å². The van der Waals surface area contributed by atoms with Crippen LogP contribution in [-0.2, 0) is 7.05 Å². The maximum Gasteiger partial charge on any atom is 0.192 e. The van der Waals surface area contributed by atoms with E-state index in [9.17, 15) is 0 Å². The van der Waals surface area contributed by atoms with Crippen LogP contribution >= 0.6 is 27.7 Å². The number of rotatable bonds is 2. The normalized spacial score (nSPS) is 10.5. The van der Waals surface area contributed by atoms with Crippen LogP contribution < -0.4 is 5.73 Å². The Morgan fingerprint density at radius 2 is 2.27 bits per heavy atom. The zero-order chi connectivity index (χ0) is 10.8. The first kappa shape index (κ1) is 10.4. The summed E-state index contributed by atoms with van der Waals surface area (Å²) in [5.41, 5.74) is 6.22. The molecule has 0 fully saturated rings. The fourth-order valence-electron chi connectivity index (χ4n) is 0.980. The van der Waals surface area contributed by atoms with Crippen molar-refractivity contribution in [1.82, 2.24) is 19.7 Å². The molecule has 2 aromatic rings. The summed E-state index contributed by atoms with van der Waals surface area (Å²) in [5.74, 6) is 0. The Balaban J connectivity index is 2.29. The predicted octanol–water partition coefficient (Wildman–Crippen LogP) is 1.71. The monoisotopic (exact) mass is 285 g/mol. The molecule has 2 aromatic heterocycles. The second kappa shape index (κ2) is 4.19. The van der Waals surface area contributed by atoms with Crippen LogP contribution in [0.3, 0.4) is 0 Å². The van der Waals surface area contributed by atoms with Gasteiger partial charge < -0.3 is 5.73 Å². The summed E-state index contributed by atoms with van der Waals surface area (Å²) >= 11 is 4.83. The van der Waals surface area contributed by atoms with E-state index in [1.54, 1.807) is 10.9 Å². The molecule has 0 atom stereocenters. The fraction of sp³-hybridized carbons (Fsp3) is 0.125. The van der Waals surface area contributed by atoms with Crippen molar-refractivity contribution < 1.29 is 0 Å². The number of pyridine rings is 1. The first-order valence-corrected chi connectivity index (χ1v) is 5.70. The number of aromatic nitrogens is 4. The van der Waals surface area contributed by atoms with Crippen LogP contribution in [0.4, 0.5) is 5.69 Å². The molecule has 0 saturated carbocycles. The molecule has 0 amide bonds. The molecule has 0 aliphatic carbocycles. The largest absolute Gasteiger partial charge is 0.397 e. The lowest BCUT2D eigenvalue weighted by atomic mass is 10.4. The van der Waals surface area contributed by atoms with Crippen LogP contribution in [0.1, 0.15) is 0 Å². The number of hydrogen-bond donors (Lipinski definition) is 1. The van der Waals surface area contributed by atoms with Crippen molar-refractivity contribution >= 4 is 33.4 Å². The maximum absolute atomic E-state index is 5.60. The van der Waals surface area contributed by atoms with Crippen LogP contribution in [0.25, 0.3) is 0 Å². The molecule has 78 valence electrons. The molecule has 5 nitrogen and oxygen atoms in total. The van der Waals surface area contributed by atoms with E-state index in [2.05, 4.69) is 31.0 Å². The Kier molecular flexibility index (Phi) is 2.92. The van der Waals surface area contributed by atoms with Crippen LogP contribution in [0, 0.1) is 0 Å². The zero-order valence-corrected chi connectivity index (χ0v) is 10.3. The van der Waals surface area contributed by atoms with E-state index >= 15 is 0 Å². The first-order valence-electron chi connectivity index (χ1n) is 4.09. The lowest BCUT2D eigenvalue weighted by molar-refractivity contribution is 0.684. The third-order valence-electron chi connectivity index (χ3n) is 1.69. The van der Waals surface area contributed by atoms with Crippen molar-refractivity contribution in [2.24, 2.45) is 7.05 Å². The summed E-state index contributed by atoms with van der Waals surface area (Å²) in [7, 11) is 1.83. The lowest BCUT2D eigenvalue weighted by Gasteiger charge is -2.02. The van der Waals surface area contributed by atoms with Gasteiger partial charge in [-0.25, -0.2) is 14.6 Å². The van der Waals surface area contributed by atoms with Crippen molar-refractivity contribution in [1.29, 1.82) is 0 Å². The van der Waals surface area contributed by atoms with Gasteiger partial charge in [0.1, 0.15) is 11.4 Å². The molecule has 0 saturated heterocycles. The third-order valence-corrected chi connectivity index (χ3v) is 3.62.